The lowest BCUT2D eigenvalue weighted by atomic mass is 10.2. The van der Waals surface area contributed by atoms with E-state index in [4.69, 9.17) is 9.47 Å². The van der Waals surface area contributed by atoms with Gasteiger partial charge in [0.2, 0.25) is 34.8 Å². The number of rotatable bonds is 9. The van der Waals surface area contributed by atoms with Crippen molar-refractivity contribution in [3.05, 3.63) is 29.1 Å². The van der Waals surface area contributed by atoms with Gasteiger partial charge in [-0.25, -0.2) is 18.0 Å². The number of carbonyl (C=O) groups excluding carboxylic acids is 2. The minimum atomic E-state index is -2.36. The summed E-state index contributed by atoms with van der Waals surface area (Å²) in [6, 6.07) is 0. The van der Waals surface area contributed by atoms with E-state index in [-0.39, 0.29) is 26.4 Å². The maximum absolute atomic E-state index is 13.3. The fraction of sp³-hybridized carbons (Fsp3) is 0.429. The van der Waals surface area contributed by atoms with Crippen LogP contribution >= 0.6 is 0 Å². The molecule has 0 aliphatic carbocycles. The van der Waals surface area contributed by atoms with Crippen LogP contribution in [0.15, 0.2) is 0 Å². The summed E-state index contributed by atoms with van der Waals surface area (Å²) in [4.78, 5) is 22.1. The summed E-state index contributed by atoms with van der Waals surface area (Å²) < 4.78 is 83.5. The Morgan fingerprint density at radius 3 is 1.84 bits per heavy atom. The van der Waals surface area contributed by atoms with Gasteiger partial charge in [-0.2, -0.15) is 8.78 Å². The molecule has 0 radical (unpaired) electrons. The van der Waals surface area contributed by atoms with Gasteiger partial charge in [0, 0.05) is 0 Å². The van der Waals surface area contributed by atoms with E-state index in [0.717, 1.165) is 0 Å². The summed E-state index contributed by atoms with van der Waals surface area (Å²) in [5.74, 6) is -14.8. The first-order valence-corrected chi connectivity index (χ1v) is 6.74. The molecule has 1 rings (SSSR count). The Morgan fingerprint density at radius 1 is 0.760 bits per heavy atom. The Hall–Kier alpha value is -2.27. The molecule has 0 atom stereocenters. The van der Waals surface area contributed by atoms with Crippen LogP contribution in [-0.4, -0.2) is 45.5 Å². The molecular weight excluding hydrogens is 359 g/mol. The number of ether oxygens (including phenoxy) is 4. The molecule has 0 fully saturated rings. The zero-order valence-electron chi connectivity index (χ0n) is 12.9. The SMILES string of the molecule is COC(=O)COCCOCCC(=O)Oc1c(F)c(F)c(F)c(F)c1F. The highest BCUT2D eigenvalue weighted by molar-refractivity contribution is 5.72. The summed E-state index contributed by atoms with van der Waals surface area (Å²) in [7, 11) is 1.18. The van der Waals surface area contributed by atoms with E-state index in [0.29, 0.717) is 0 Å². The molecule has 0 aliphatic heterocycles. The Bertz CT molecular complexity index is 608. The van der Waals surface area contributed by atoms with Gasteiger partial charge in [0.15, 0.2) is 0 Å². The van der Waals surface area contributed by atoms with Gasteiger partial charge in [-0.05, 0) is 0 Å². The van der Waals surface area contributed by atoms with E-state index in [9.17, 15) is 31.5 Å². The molecule has 0 N–H and O–H groups in total. The van der Waals surface area contributed by atoms with Crippen molar-refractivity contribution in [1.82, 2.24) is 0 Å². The number of hydrogen-bond donors (Lipinski definition) is 0. The first-order chi connectivity index (χ1) is 11.8. The molecule has 1 aromatic rings. The molecule has 140 valence electrons. The van der Waals surface area contributed by atoms with Gasteiger partial charge < -0.3 is 18.9 Å². The summed E-state index contributed by atoms with van der Waals surface area (Å²) in [6.45, 7) is -0.577. The Balaban J connectivity index is 2.40. The number of halogens is 5. The number of methoxy groups -OCH3 is 1. The number of esters is 2. The third-order valence-electron chi connectivity index (χ3n) is 2.66. The number of carbonyl (C=O) groups is 2. The monoisotopic (exact) mass is 372 g/mol. The van der Waals surface area contributed by atoms with Crippen molar-refractivity contribution in [3.8, 4) is 5.75 Å². The van der Waals surface area contributed by atoms with Crippen LogP contribution in [0.3, 0.4) is 0 Å². The number of benzene rings is 1. The smallest absolute Gasteiger partial charge is 0.331 e. The maximum atomic E-state index is 13.3. The summed E-state index contributed by atoms with van der Waals surface area (Å²) in [6.07, 6.45) is -0.517. The molecule has 0 aliphatic rings. The van der Waals surface area contributed by atoms with Crippen LogP contribution in [0.4, 0.5) is 22.0 Å². The van der Waals surface area contributed by atoms with E-state index in [1.54, 1.807) is 0 Å². The second kappa shape index (κ2) is 9.89. The molecule has 6 nitrogen and oxygen atoms in total. The summed E-state index contributed by atoms with van der Waals surface area (Å²) >= 11 is 0. The Kier molecular flexibility index (Phi) is 8.22. The first-order valence-electron chi connectivity index (χ1n) is 6.74. The molecule has 0 unspecified atom stereocenters. The van der Waals surface area contributed by atoms with Gasteiger partial charge >= 0.3 is 11.9 Å². The maximum Gasteiger partial charge on any atom is 0.331 e. The molecule has 25 heavy (non-hydrogen) atoms. The van der Waals surface area contributed by atoms with Crippen molar-refractivity contribution < 1.29 is 50.5 Å². The van der Waals surface area contributed by atoms with E-state index >= 15 is 0 Å². The van der Waals surface area contributed by atoms with Gasteiger partial charge in [-0.1, -0.05) is 0 Å². The van der Waals surface area contributed by atoms with Crippen LogP contribution in [0, 0.1) is 29.1 Å². The van der Waals surface area contributed by atoms with Gasteiger partial charge in [-0.3, -0.25) is 4.79 Å². The van der Waals surface area contributed by atoms with Crippen molar-refractivity contribution in [1.29, 1.82) is 0 Å². The molecule has 0 heterocycles. The van der Waals surface area contributed by atoms with Gasteiger partial charge in [0.05, 0.1) is 33.4 Å². The molecule has 0 saturated heterocycles. The summed E-state index contributed by atoms with van der Waals surface area (Å²) in [5, 5.41) is 0. The highest BCUT2D eigenvalue weighted by atomic mass is 19.2. The van der Waals surface area contributed by atoms with Gasteiger partial charge in [0.25, 0.3) is 0 Å². The van der Waals surface area contributed by atoms with Crippen LogP contribution < -0.4 is 4.74 Å². The molecule has 0 bridgehead atoms. The zero-order valence-corrected chi connectivity index (χ0v) is 12.9. The van der Waals surface area contributed by atoms with Crippen LogP contribution in [-0.2, 0) is 23.8 Å². The Labute approximate surface area is 138 Å². The second-order valence-electron chi connectivity index (χ2n) is 4.36. The normalized spacial score (nSPS) is 10.6. The molecule has 0 saturated carbocycles. The molecule has 1 aromatic carbocycles. The predicted molar refractivity (Wildman–Crippen MR) is 70.1 cm³/mol. The van der Waals surface area contributed by atoms with Crippen molar-refractivity contribution in [2.75, 3.05) is 33.5 Å². The molecule has 11 heteroatoms. The third-order valence-corrected chi connectivity index (χ3v) is 2.66. The fourth-order valence-corrected chi connectivity index (χ4v) is 1.43. The zero-order chi connectivity index (χ0) is 19.0. The molecule has 0 spiro atoms. The van der Waals surface area contributed by atoms with E-state index in [1.807, 2.05) is 0 Å². The van der Waals surface area contributed by atoms with E-state index in [1.165, 1.54) is 7.11 Å². The van der Waals surface area contributed by atoms with Crippen molar-refractivity contribution in [2.24, 2.45) is 0 Å². The van der Waals surface area contributed by atoms with E-state index < -0.39 is 53.2 Å². The lowest BCUT2D eigenvalue weighted by Gasteiger charge is -2.09. The van der Waals surface area contributed by atoms with Crippen molar-refractivity contribution >= 4 is 11.9 Å². The lowest BCUT2D eigenvalue weighted by molar-refractivity contribution is -0.146. The largest absolute Gasteiger partial charge is 0.467 e. The van der Waals surface area contributed by atoms with Gasteiger partial charge in [-0.15, -0.1) is 0 Å². The van der Waals surface area contributed by atoms with E-state index in [2.05, 4.69) is 9.47 Å². The standard InChI is InChI=1S/C14H13F5O6/c1-22-8(21)6-24-5-4-23-3-2-7(20)25-14-12(18)10(16)9(15)11(17)13(14)19/h2-6H2,1H3. The molecule has 0 aromatic heterocycles. The van der Waals surface area contributed by atoms with Gasteiger partial charge in [0.1, 0.15) is 6.61 Å². The topological polar surface area (TPSA) is 71.1 Å². The minimum absolute atomic E-state index is 0.00177. The predicted octanol–water partition coefficient (Wildman–Crippen LogP) is 1.88. The average molecular weight is 372 g/mol. The van der Waals surface area contributed by atoms with Crippen LogP contribution in [0.5, 0.6) is 5.75 Å². The van der Waals surface area contributed by atoms with Crippen LogP contribution in [0.2, 0.25) is 0 Å². The first kappa shape index (κ1) is 20.8. The van der Waals surface area contributed by atoms with Crippen LogP contribution in [0.1, 0.15) is 6.42 Å². The molecule has 0 amide bonds. The lowest BCUT2D eigenvalue weighted by Crippen LogP contribution is -2.17. The molecular formula is C14H13F5O6. The van der Waals surface area contributed by atoms with Crippen LogP contribution in [0.25, 0.3) is 0 Å². The fourth-order valence-electron chi connectivity index (χ4n) is 1.43. The van der Waals surface area contributed by atoms with Crippen molar-refractivity contribution in [2.45, 2.75) is 6.42 Å². The second-order valence-corrected chi connectivity index (χ2v) is 4.36. The quantitative estimate of drug-likeness (QED) is 0.165. The Morgan fingerprint density at radius 2 is 1.28 bits per heavy atom. The highest BCUT2D eigenvalue weighted by Gasteiger charge is 2.28. The minimum Gasteiger partial charge on any atom is -0.467 e. The third kappa shape index (κ3) is 5.94. The average Bonchev–Trinajstić information content (AvgIpc) is 2.60. The van der Waals surface area contributed by atoms with Crippen molar-refractivity contribution in [3.63, 3.8) is 0 Å². The highest BCUT2D eigenvalue weighted by Crippen LogP contribution is 2.29. The number of hydrogen-bond acceptors (Lipinski definition) is 6. The summed E-state index contributed by atoms with van der Waals surface area (Å²) in [5.41, 5.74) is 0.